The van der Waals surface area contributed by atoms with Crippen LogP contribution >= 0.6 is 0 Å². The summed E-state index contributed by atoms with van der Waals surface area (Å²) < 4.78 is 31.4. The van der Waals surface area contributed by atoms with Crippen LogP contribution in [0, 0.1) is 5.92 Å². The van der Waals surface area contributed by atoms with Crippen LogP contribution in [0.2, 0.25) is 0 Å². The van der Waals surface area contributed by atoms with Crippen molar-refractivity contribution < 1.29 is 18.3 Å². The average Bonchev–Trinajstić information content (AvgIpc) is 2.69. The van der Waals surface area contributed by atoms with E-state index < -0.39 is 15.7 Å². The summed E-state index contributed by atoms with van der Waals surface area (Å²) >= 11 is -0.300. The normalized spacial score (nSPS) is 16.0. The van der Waals surface area contributed by atoms with Crippen molar-refractivity contribution in [2.45, 2.75) is 50.1 Å². The third-order valence-electron chi connectivity index (χ3n) is 5.15. The predicted octanol–water partition coefficient (Wildman–Crippen LogP) is 5.25. The van der Waals surface area contributed by atoms with Gasteiger partial charge >= 0.3 is 198 Å². The van der Waals surface area contributed by atoms with E-state index in [-0.39, 0.29) is 31.3 Å². The van der Waals surface area contributed by atoms with Crippen LogP contribution < -0.4 is 10.2 Å². The van der Waals surface area contributed by atoms with Gasteiger partial charge in [-0.25, -0.2) is 0 Å². The van der Waals surface area contributed by atoms with Crippen molar-refractivity contribution in [1.29, 1.82) is 0 Å². The van der Waals surface area contributed by atoms with Crippen LogP contribution in [0.15, 0.2) is 24.4 Å². The Bertz CT molecular complexity index is 950. The molecule has 1 N–H and O–H groups in total. The number of hydrogen-bond donors (Lipinski definition) is 1. The van der Waals surface area contributed by atoms with E-state index >= 15 is 0 Å². The van der Waals surface area contributed by atoms with E-state index in [1.807, 2.05) is 0 Å². The minimum absolute atomic E-state index is 0.0382. The third kappa shape index (κ3) is 5.69. The molecule has 31 heavy (non-hydrogen) atoms. The van der Waals surface area contributed by atoms with E-state index in [9.17, 15) is 13.6 Å². The monoisotopic (exact) mass is 625 g/mol. The average molecular weight is 625 g/mol. The summed E-state index contributed by atoms with van der Waals surface area (Å²) in [6, 6.07) is 4.69. The number of carbonyl (C=O) groups is 1. The van der Waals surface area contributed by atoms with Crippen LogP contribution in [0.4, 0.5) is 25.2 Å². The molecule has 0 aliphatic carbocycles. The second kappa shape index (κ2) is 9.74. The van der Waals surface area contributed by atoms with Gasteiger partial charge in [-0.05, 0) is 0 Å². The van der Waals surface area contributed by atoms with Gasteiger partial charge in [0.2, 0.25) is 0 Å². The van der Waals surface area contributed by atoms with Crippen LogP contribution in [0.1, 0.15) is 57.8 Å². The van der Waals surface area contributed by atoms with Gasteiger partial charge in [-0.3, -0.25) is 0 Å². The second-order valence-electron chi connectivity index (χ2n) is 8.14. The van der Waals surface area contributed by atoms with Crippen LogP contribution in [0.3, 0.4) is 0 Å². The molecule has 3 radical (unpaired) electrons. The van der Waals surface area contributed by atoms with Gasteiger partial charge in [0.05, 0.1) is 0 Å². The maximum absolute atomic E-state index is 14.5. The quantitative estimate of drug-likeness (QED) is 0.407. The van der Waals surface area contributed by atoms with Crippen LogP contribution in [-0.2, 0) is 8.22 Å². The first kappa shape index (κ1) is 23.8. The molecule has 0 fully saturated rings. The SMILES string of the molecule is CCCN(CCC(C)C)c1cc([C](F)(F)[Pb])cc(-c2ccnc3c2C(C)OC(=O)N3)n1. The van der Waals surface area contributed by atoms with Gasteiger partial charge in [-0.1, -0.05) is 0 Å². The molecule has 9 heteroatoms. The molecule has 1 aliphatic heterocycles. The van der Waals surface area contributed by atoms with Gasteiger partial charge in [0.1, 0.15) is 0 Å². The first-order valence-corrected chi connectivity index (χ1v) is 12.4. The Morgan fingerprint density at radius 2 is 2.06 bits per heavy atom. The molecular weight excluding hydrogens is 597 g/mol. The van der Waals surface area contributed by atoms with Crippen LogP contribution in [-0.4, -0.2) is 54.9 Å². The summed E-state index contributed by atoms with van der Waals surface area (Å²) in [5.41, 5.74) is 1.66. The summed E-state index contributed by atoms with van der Waals surface area (Å²) in [4.78, 5) is 22.8. The van der Waals surface area contributed by atoms with Gasteiger partial charge in [0, 0.05) is 0 Å². The Kier molecular flexibility index (Phi) is 7.48. The molecule has 1 atom stereocenters. The van der Waals surface area contributed by atoms with Gasteiger partial charge in [-0.15, -0.1) is 0 Å². The van der Waals surface area contributed by atoms with Crippen molar-refractivity contribution in [3.8, 4) is 11.3 Å². The summed E-state index contributed by atoms with van der Waals surface area (Å²) in [5, 5.41) is 2.58. The van der Waals surface area contributed by atoms with Crippen molar-refractivity contribution in [3.05, 3.63) is 35.5 Å². The fraction of sp³-hybridized carbons (Fsp3) is 0.500. The van der Waals surface area contributed by atoms with Crippen molar-refractivity contribution in [2.75, 3.05) is 23.3 Å². The number of carbonyl (C=O) groups excluding carboxylic acids is 1. The molecule has 1 amide bonds. The number of ether oxygens (including phenoxy) is 1. The molecule has 2 aromatic rings. The first-order chi connectivity index (χ1) is 14.6. The zero-order valence-electron chi connectivity index (χ0n) is 18.2. The molecular formula is C22H27F2N4O2Pb. The predicted molar refractivity (Wildman–Crippen MR) is 118 cm³/mol. The van der Waals surface area contributed by atoms with Crippen LogP contribution in [0.5, 0.6) is 0 Å². The van der Waals surface area contributed by atoms with E-state index in [2.05, 4.69) is 36.0 Å². The zero-order valence-corrected chi connectivity index (χ0v) is 22.1. The number of cyclic esters (lactones) is 1. The summed E-state index contributed by atoms with van der Waals surface area (Å²) in [5.74, 6) is 1.42. The van der Waals surface area contributed by atoms with Gasteiger partial charge in [0.15, 0.2) is 0 Å². The number of rotatable bonds is 8. The van der Waals surface area contributed by atoms with Crippen molar-refractivity contribution in [1.82, 2.24) is 9.97 Å². The maximum atomic E-state index is 14.5. The second-order valence-corrected chi connectivity index (χ2v) is 10.6. The number of alkyl halides is 2. The molecule has 0 bridgehead atoms. The van der Waals surface area contributed by atoms with Crippen molar-refractivity contribution in [3.63, 3.8) is 0 Å². The van der Waals surface area contributed by atoms with E-state index in [0.29, 0.717) is 34.4 Å². The summed E-state index contributed by atoms with van der Waals surface area (Å²) in [6.45, 7) is 9.57. The summed E-state index contributed by atoms with van der Waals surface area (Å²) in [7, 11) is 0. The number of aromatic nitrogens is 2. The number of halogens is 2. The molecule has 6 nitrogen and oxygen atoms in total. The van der Waals surface area contributed by atoms with Crippen LogP contribution in [0.25, 0.3) is 11.3 Å². The number of nitrogens with zero attached hydrogens (tertiary/aromatic N) is 3. The third-order valence-corrected chi connectivity index (χ3v) is 6.27. The molecule has 0 aromatic carbocycles. The van der Waals surface area contributed by atoms with Crippen molar-refractivity contribution >= 4 is 43.5 Å². The van der Waals surface area contributed by atoms with Gasteiger partial charge in [-0.2, -0.15) is 0 Å². The fourth-order valence-electron chi connectivity index (χ4n) is 3.58. The molecule has 2 aromatic heterocycles. The van der Waals surface area contributed by atoms with E-state index in [0.717, 1.165) is 25.9 Å². The topological polar surface area (TPSA) is 67.4 Å². The number of hydrogen-bond acceptors (Lipinski definition) is 5. The molecule has 0 spiro atoms. The standard InChI is InChI=1S/C22H27F2N4O2.Pb/c1-5-9-28(10-7-13(2)3)18-12-15(20(23)24)11-17(26-18)16-6-8-25-21-19(16)14(4)30-22(29)27-21;/h6,8,11-14H,5,7,9-10H2,1-4H3,(H,25,27,29);. The molecule has 3 heterocycles. The molecule has 0 saturated carbocycles. The van der Waals surface area contributed by atoms with E-state index in [4.69, 9.17) is 9.72 Å². The molecule has 165 valence electrons. The summed E-state index contributed by atoms with van der Waals surface area (Å²) in [6.07, 6.45) is 2.23. The fourth-order valence-corrected chi connectivity index (χ4v) is 4.14. The van der Waals surface area contributed by atoms with Gasteiger partial charge < -0.3 is 0 Å². The van der Waals surface area contributed by atoms with E-state index in [1.165, 1.54) is 12.1 Å². The molecule has 1 aliphatic rings. The van der Waals surface area contributed by atoms with Crippen molar-refractivity contribution in [2.24, 2.45) is 5.92 Å². The Morgan fingerprint density at radius 3 is 2.71 bits per heavy atom. The Morgan fingerprint density at radius 1 is 1.32 bits per heavy atom. The number of amides is 1. The first-order valence-electron chi connectivity index (χ1n) is 10.5. The molecule has 3 rings (SSSR count). The molecule has 0 saturated heterocycles. The number of nitrogens with one attached hydrogen (secondary N) is 1. The van der Waals surface area contributed by atoms with E-state index in [1.54, 1.807) is 19.2 Å². The number of pyridine rings is 2. The number of fused-ring (bicyclic) bond motifs is 1. The van der Waals surface area contributed by atoms with Gasteiger partial charge in [0.25, 0.3) is 0 Å². The molecule has 1 unspecified atom stereocenters. The Labute approximate surface area is 197 Å². The number of anilines is 2. The Balaban J connectivity index is 2.14. The minimum atomic E-state index is -2.88. The zero-order chi connectivity index (χ0) is 22.8. The Hall–Kier alpha value is -1.85.